The van der Waals surface area contributed by atoms with Gasteiger partial charge in [0.15, 0.2) is 0 Å². The van der Waals surface area contributed by atoms with Gasteiger partial charge in [0.25, 0.3) is 10.0 Å². The van der Waals surface area contributed by atoms with Gasteiger partial charge >= 0.3 is 0 Å². The third-order valence-electron chi connectivity index (χ3n) is 2.58. The van der Waals surface area contributed by atoms with Crippen LogP contribution in [0.4, 0.5) is 5.69 Å². The van der Waals surface area contributed by atoms with Gasteiger partial charge in [0, 0.05) is 14.5 Å². The molecule has 0 aliphatic rings. The van der Waals surface area contributed by atoms with Crippen molar-refractivity contribution >= 4 is 54.8 Å². The molecule has 20 heavy (non-hydrogen) atoms. The molecule has 2 aromatic carbocycles. The third-order valence-corrected chi connectivity index (χ3v) is 4.85. The van der Waals surface area contributed by atoms with E-state index in [1.165, 1.54) is 18.2 Å². The molecule has 2 aromatic rings. The van der Waals surface area contributed by atoms with Crippen LogP contribution < -0.4 is 4.72 Å². The van der Waals surface area contributed by atoms with Crippen molar-refractivity contribution in [2.45, 2.75) is 11.8 Å². The molecule has 106 valence electrons. The number of benzene rings is 2. The smallest absolute Gasteiger partial charge is 0.262 e. The molecule has 0 atom stereocenters. The molecular formula is C13H10BrCl2NO2S. The SMILES string of the molecule is Cc1cc(Br)ccc1NS(=O)(=O)c1cc(Cl)cc(Cl)c1. The standard InChI is InChI=1S/C13H10BrCl2NO2S/c1-8-4-9(14)2-3-13(8)17-20(18,19)12-6-10(15)5-11(16)7-12/h2-7,17H,1H3. The topological polar surface area (TPSA) is 46.2 Å². The summed E-state index contributed by atoms with van der Waals surface area (Å²) < 4.78 is 28.0. The van der Waals surface area contributed by atoms with Crippen molar-refractivity contribution in [3.63, 3.8) is 0 Å². The van der Waals surface area contributed by atoms with Crippen LogP contribution in [-0.4, -0.2) is 8.42 Å². The fourth-order valence-electron chi connectivity index (χ4n) is 1.63. The maximum atomic E-state index is 12.3. The lowest BCUT2D eigenvalue weighted by atomic mass is 10.2. The molecule has 0 spiro atoms. The lowest BCUT2D eigenvalue weighted by Gasteiger charge is -2.11. The van der Waals surface area contributed by atoms with Crippen LogP contribution in [-0.2, 0) is 10.0 Å². The minimum atomic E-state index is -3.73. The average Bonchev–Trinajstić information content (AvgIpc) is 2.31. The van der Waals surface area contributed by atoms with Crippen molar-refractivity contribution in [2.75, 3.05) is 4.72 Å². The molecule has 7 heteroatoms. The molecule has 0 saturated heterocycles. The molecule has 0 aliphatic heterocycles. The Morgan fingerprint density at radius 2 is 1.65 bits per heavy atom. The monoisotopic (exact) mass is 393 g/mol. The van der Waals surface area contributed by atoms with Gasteiger partial charge in [0.1, 0.15) is 0 Å². The van der Waals surface area contributed by atoms with Crippen molar-refractivity contribution in [1.29, 1.82) is 0 Å². The molecule has 2 rings (SSSR count). The Hall–Kier alpha value is -0.750. The van der Waals surface area contributed by atoms with Gasteiger partial charge < -0.3 is 0 Å². The molecule has 0 bridgehead atoms. The van der Waals surface area contributed by atoms with Crippen molar-refractivity contribution < 1.29 is 8.42 Å². The summed E-state index contributed by atoms with van der Waals surface area (Å²) >= 11 is 15.0. The van der Waals surface area contributed by atoms with Gasteiger partial charge in [0.2, 0.25) is 0 Å². The molecule has 0 radical (unpaired) electrons. The van der Waals surface area contributed by atoms with E-state index in [0.717, 1.165) is 10.0 Å². The second kappa shape index (κ2) is 5.93. The number of aryl methyl sites for hydroxylation is 1. The minimum absolute atomic E-state index is 0.0253. The number of hydrogen-bond donors (Lipinski definition) is 1. The zero-order valence-corrected chi connectivity index (χ0v) is 14.2. The minimum Gasteiger partial charge on any atom is -0.279 e. The Balaban J connectivity index is 2.40. The number of halogens is 3. The molecule has 0 heterocycles. The van der Waals surface area contributed by atoms with Crippen LogP contribution in [0, 0.1) is 6.92 Å². The Labute approximate surface area is 136 Å². The number of rotatable bonds is 3. The molecule has 0 unspecified atom stereocenters. The highest BCUT2D eigenvalue weighted by Crippen LogP contribution is 2.26. The van der Waals surface area contributed by atoms with E-state index in [4.69, 9.17) is 23.2 Å². The number of anilines is 1. The van der Waals surface area contributed by atoms with Crippen molar-refractivity contribution in [3.8, 4) is 0 Å². The van der Waals surface area contributed by atoms with Gasteiger partial charge in [-0.15, -0.1) is 0 Å². The predicted molar refractivity (Wildman–Crippen MR) is 86.1 cm³/mol. The summed E-state index contributed by atoms with van der Waals surface area (Å²) in [6.07, 6.45) is 0. The molecule has 0 saturated carbocycles. The van der Waals surface area contributed by atoms with Gasteiger partial charge in [0.05, 0.1) is 10.6 Å². The summed E-state index contributed by atoms with van der Waals surface area (Å²) in [5, 5.41) is 0.538. The second-order valence-corrected chi connectivity index (χ2v) is 7.64. The molecule has 0 aliphatic carbocycles. The van der Waals surface area contributed by atoms with Crippen LogP contribution in [0.15, 0.2) is 45.8 Å². The molecule has 0 amide bonds. The highest BCUT2D eigenvalue weighted by molar-refractivity contribution is 9.10. The fourth-order valence-corrected chi connectivity index (χ4v) is 3.96. The van der Waals surface area contributed by atoms with E-state index in [0.29, 0.717) is 5.69 Å². The Kier molecular flexibility index (Phi) is 4.64. The van der Waals surface area contributed by atoms with Crippen LogP contribution in [0.2, 0.25) is 10.0 Å². The summed E-state index contributed by atoms with van der Waals surface area (Å²) in [4.78, 5) is 0.0253. The zero-order chi connectivity index (χ0) is 14.9. The van der Waals surface area contributed by atoms with E-state index in [1.54, 1.807) is 12.1 Å². The molecule has 3 nitrogen and oxygen atoms in total. The van der Waals surface area contributed by atoms with Crippen molar-refractivity contribution in [3.05, 3.63) is 56.5 Å². The summed E-state index contributed by atoms with van der Waals surface area (Å²) in [5.74, 6) is 0. The van der Waals surface area contributed by atoms with E-state index >= 15 is 0 Å². The summed E-state index contributed by atoms with van der Waals surface area (Å²) in [7, 11) is -3.73. The predicted octanol–water partition coefficient (Wildman–Crippen LogP) is 4.87. The lowest BCUT2D eigenvalue weighted by molar-refractivity contribution is 0.601. The van der Waals surface area contributed by atoms with E-state index in [2.05, 4.69) is 20.7 Å². The summed E-state index contributed by atoms with van der Waals surface area (Å²) in [5.41, 5.74) is 1.31. The summed E-state index contributed by atoms with van der Waals surface area (Å²) in [6.45, 7) is 1.81. The molecule has 1 N–H and O–H groups in total. The maximum absolute atomic E-state index is 12.3. The van der Waals surface area contributed by atoms with Crippen molar-refractivity contribution in [2.24, 2.45) is 0 Å². The molecule has 0 fully saturated rings. The van der Waals surface area contributed by atoms with E-state index < -0.39 is 10.0 Å². The quantitative estimate of drug-likeness (QED) is 0.807. The average molecular weight is 395 g/mol. The zero-order valence-electron chi connectivity index (χ0n) is 10.3. The lowest BCUT2D eigenvalue weighted by Crippen LogP contribution is -2.13. The first kappa shape index (κ1) is 15.6. The van der Waals surface area contributed by atoms with Crippen LogP contribution in [0.25, 0.3) is 0 Å². The van der Waals surface area contributed by atoms with E-state index in [1.807, 2.05) is 13.0 Å². The van der Waals surface area contributed by atoms with Crippen LogP contribution >= 0.6 is 39.1 Å². The first-order valence-electron chi connectivity index (χ1n) is 5.53. The Morgan fingerprint density at radius 1 is 1.05 bits per heavy atom. The van der Waals surface area contributed by atoms with E-state index in [-0.39, 0.29) is 14.9 Å². The summed E-state index contributed by atoms with van der Waals surface area (Å²) in [6, 6.07) is 9.45. The normalized spacial score (nSPS) is 11.4. The van der Waals surface area contributed by atoms with Gasteiger partial charge in [-0.05, 0) is 48.9 Å². The number of nitrogens with one attached hydrogen (secondary N) is 1. The van der Waals surface area contributed by atoms with E-state index in [9.17, 15) is 8.42 Å². The number of hydrogen-bond acceptors (Lipinski definition) is 2. The second-order valence-electron chi connectivity index (χ2n) is 4.17. The van der Waals surface area contributed by atoms with Crippen LogP contribution in [0.1, 0.15) is 5.56 Å². The first-order chi connectivity index (χ1) is 9.28. The Bertz CT molecular complexity index is 743. The van der Waals surface area contributed by atoms with Gasteiger partial charge in [-0.25, -0.2) is 8.42 Å². The van der Waals surface area contributed by atoms with Gasteiger partial charge in [-0.2, -0.15) is 0 Å². The third kappa shape index (κ3) is 3.67. The number of sulfonamides is 1. The maximum Gasteiger partial charge on any atom is 0.262 e. The van der Waals surface area contributed by atoms with Gasteiger partial charge in [-0.3, -0.25) is 4.72 Å². The first-order valence-corrected chi connectivity index (χ1v) is 8.56. The highest BCUT2D eigenvalue weighted by Gasteiger charge is 2.16. The van der Waals surface area contributed by atoms with Crippen LogP contribution in [0.5, 0.6) is 0 Å². The van der Waals surface area contributed by atoms with Crippen LogP contribution in [0.3, 0.4) is 0 Å². The van der Waals surface area contributed by atoms with Crippen molar-refractivity contribution in [1.82, 2.24) is 0 Å². The fraction of sp³-hybridized carbons (Fsp3) is 0.0769. The Morgan fingerprint density at radius 3 is 2.20 bits per heavy atom. The largest absolute Gasteiger partial charge is 0.279 e. The molecule has 0 aromatic heterocycles. The van der Waals surface area contributed by atoms with Gasteiger partial charge in [-0.1, -0.05) is 39.1 Å². The molecular weight excluding hydrogens is 385 g/mol. The highest BCUT2D eigenvalue weighted by atomic mass is 79.9.